The Morgan fingerprint density at radius 2 is 2.20 bits per heavy atom. The lowest BCUT2D eigenvalue weighted by atomic mass is 9.70. The number of allylic oxidation sites excluding steroid dienone is 4. The summed E-state index contributed by atoms with van der Waals surface area (Å²) in [5.74, 6) is 3.16. The largest absolute Gasteiger partial charge is 0.388 e. The molecule has 0 aromatic carbocycles. The van der Waals surface area contributed by atoms with Crippen LogP contribution in [0.3, 0.4) is 0 Å². The summed E-state index contributed by atoms with van der Waals surface area (Å²) >= 11 is 0. The maximum absolute atomic E-state index is 4.07. The van der Waals surface area contributed by atoms with Gasteiger partial charge in [0.15, 0.2) is 0 Å². The van der Waals surface area contributed by atoms with Gasteiger partial charge in [0.05, 0.1) is 0 Å². The van der Waals surface area contributed by atoms with E-state index < -0.39 is 0 Å². The van der Waals surface area contributed by atoms with Crippen molar-refractivity contribution >= 4 is 0 Å². The van der Waals surface area contributed by atoms with Gasteiger partial charge >= 0.3 is 0 Å². The second-order valence-corrected chi connectivity index (χ2v) is 5.38. The molecular formula is C14H19N. The molecule has 1 N–H and O–H groups in total. The Hall–Kier alpha value is -0.980. The molecule has 3 unspecified atom stereocenters. The van der Waals surface area contributed by atoms with Crippen LogP contribution in [0.15, 0.2) is 35.6 Å². The lowest BCUT2D eigenvalue weighted by Crippen LogP contribution is -2.38. The standard InChI is InChI=1S/C14H19N/c1-8(2)11-6-13(11)12-5-10-4-9(3)15-7-14(10)12/h4-5,10-11,13-15H,1,6-7H2,2-3H3/t10-,11?,13?,14?/m1/s1. The van der Waals surface area contributed by atoms with Gasteiger partial charge in [0, 0.05) is 24.1 Å². The summed E-state index contributed by atoms with van der Waals surface area (Å²) in [7, 11) is 0. The summed E-state index contributed by atoms with van der Waals surface area (Å²) in [5.41, 5.74) is 4.43. The zero-order chi connectivity index (χ0) is 10.6. The number of hydrogen-bond donors (Lipinski definition) is 1. The molecule has 3 aliphatic rings. The van der Waals surface area contributed by atoms with Crippen LogP contribution >= 0.6 is 0 Å². The molecular weight excluding hydrogens is 182 g/mol. The van der Waals surface area contributed by atoms with Crippen molar-refractivity contribution in [2.24, 2.45) is 23.7 Å². The van der Waals surface area contributed by atoms with Crippen molar-refractivity contribution in [2.75, 3.05) is 6.54 Å². The van der Waals surface area contributed by atoms with E-state index in [0.29, 0.717) is 0 Å². The molecule has 0 radical (unpaired) electrons. The minimum Gasteiger partial charge on any atom is -0.388 e. The van der Waals surface area contributed by atoms with E-state index in [1.54, 1.807) is 5.57 Å². The van der Waals surface area contributed by atoms with Gasteiger partial charge in [-0.3, -0.25) is 0 Å². The molecule has 0 amide bonds. The topological polar surface area (TPSA) is 12.0 Å². The summed E-state index contributed by atoms with van der Waals surface area (Å²) in [4.78, 5) is 0. The second-order valence-electron chi connectivity index (χ2n) is 5.38. The van der Waals surface area contributed by atoms with Crippen LogP contribution in [0.5, 0.6) is 0 Å². The first-order valence-electron chi connectivity index (χ1n) is 5.96. The van der Waals surface area contributed by atoms with Crippen LogP contribution in [-0.2, 0) is 0 Å². The van der Waals surface area contributed by atoms with Crippen molar-refractivity contribution in [3.8, 4) is 0 Å². The van der Waals surface area contributed by atoms with Gasteiger partial charge in [-0.1, -0.05) is 29.9 Å². The lowest BCUT2D eigenvalue weighted by molar-refractivity contribution is 0.396. The summed E-state index contributed by atoms with van der Waals surface area (Å²) in [5, 5.41) is 3.47. The van der Waals surface area contributed by atoms with E-state index in [1.807, 2.05) is 0 Å². The predicted octanol–water partition coefficient (Wildman–Crippen LogP) is 2.88. The SMILES string of the molecule is C=C(C)C1CC1C1=C[C@H]2C=C(C)NCC12. The minimum absolute atomic E-state index is 0.729. The normalized spacial score (nSPS) is 41.7. The molecule has 4 atom stereocenters. The predicted molar refractivity (Wildman–Crippen MR) is 63.2 cm³/mol. The molecule has 1 heteroatoms. The van der Waals surface area contributed by atoms with Gasteiger partial charge in [-0.2, -0.15) is 0 Å². The van der Waals surface area contributed by atoms with Gasteiger partial charge < -0.3 is 5.32 Å². The molecule has 0 bridgehead atoms. The number of nitrogens with one attached hydrogen (secondary N) is 1. The lowest BCUT2D eigenvalue weighted by Gasteiger charge is -2.39. The molecule has 3 rings (SSSR count). The van der Waals surface area contributed by atoms with E-state index in [4.69, 9.17) is 0 Å². The highest BCUT2D eigenvalue weighted by Gasteiger charge is 2.47. The summed E-state index contributed by atoms with van der Waals surface area (Å²) < 4.78 is 0. The molecule has 0 aromatic rings. The van der Waals surface area contributed by atoms with Crippen molar-refractivity contribution in [2.45, 2.75) is 20.3 Å². The van der Waals surface area contributed by atoms with Gasteiger partial charge in [-0.15, -0.1) is 0 Å². The number of fused-ring (bicyclic) bond motifs is 1. The molecule has 2 aliphatic carbocycles. The second kappa shape index (κ2) is 3.01. The Bertz CT molecular complexity index is 375. The van der Waals surface area contributed by atoms with E-state index >= 15 is 0 Å². The molecule has 15 heavy (non-hydrogen) atoms. The van der Waals surface area contributed by atoms with Gasteiger partial charge in [-0.25, -0.2) is 0 Å². The zero-order valence-corrected chi connectivity index (χ0v) is 9.59. The molecule has 0 spiro atoms. The number of hydrogen-bond acceptors (Lipinski definition) is 1. The van der Waals surface area contributed by atoms with E-state index in [-0.39, 0.29) is 0 Å². The Morgan fingerprint density at radius 1 is 1.40 bits per heavy atom. The Morgan fingerprint density at radius 3 is 2.80 bits per heavy atom. The van der Waals surface area contributed by atoms with Crippen LogP contribution in [0.25, 0.3) is 0 Å². The first-order valence-corrected chi connectivity index (χ1v) is 5.96. The Kier molecular flexibility index (Phi) is 1.86. The van der Waals surface area contributed by atoms with Crippen LogP contribution in [0.4, 0.5) is 0 Å². The molecule has 0 aromatic heterocycles. The fourth-order valence-electron chi connectivity index (χ4n) is 3.11. The summed E-state index contributed by atoms with van der Waals surface area (Å²) in [6, 6.07) is 0. The van der Waals surface area contributed by atoms with Crippen molar-refractivity contribution in [1.82, 2.24) is 5.32 Å². The van der Waals surface area contributed by atoms with E-state index in [2.05, 4.69) is 37.9 Å². The van der Waals surface area contributed by atoms with E-state index in [9.17, 15) is 0 Å². The monoisotopic (exact) mass is 201 g/mol. The third-order valence-corrected chi connectivity index (χ3v) is 4.17. The van der Waals surface area contributed by atoms with Gasteiger partial charge in [-0.05, 0) is 32.1 Å². The van der Waals surface area contributed by atoms with Gasteiger partial charge in [0.2, 0.25) is 0 Å². The van der Waals surface area contributed by atoms with Crippen molar-refractivity contribution in [3.63, 3.8) is 0 Å². The van der Waals surface area contributed by atoms with Crippen molar-refractivity contribution in [1.29, 1.82) is 0 Å². The van der Waals surface area contributed by atoms with Crippen LogP contribution in [0.1, 0.15) is 20.3 Å². The highest BCUT2D eigenvalue weighted by molar-refractivity contribution is 5.37. The Balaban J connectivity index is 1.72. The molecule has 0 saturated heterocycles. The van der Waals surface area contributed by atoms with Crippen LogP contribution in [0, 0.1) is 23.7 Å². The first kappa shape index (κ1) is 9.26. The minimum atomic E-state index is 0.729. The third kappa shape index (κ3) is 1.37. The van der Waals surface area contributed by atoms with Gasteiger partial charge in [0.1, 0.15) is 0 Å². The molecule has 1 aliphatic heterocycles. The fraction of sp³-hybridized carbons (Fsp3) is 0.571. The summed E-state index contributed by atoms with van der Waals surface area (Å²) in [6.45, 7) is 9.55. The van der Waals surface area contributed by atoms with Crippen LogP contribution < -0.4 is 5.32 Å². The molecule has 1 nitrogen and oxygen atoms in total. The fourth-order valence-corrected chi connectivity index (χ4v) is 3.11. The van der Waals surface area contributed by atoms with Crippen LogP contribution in [-0.4, -0.2) is 6.54 Å². The number of rotatable bonds is 2. The molecule has 80 valence electrons. The van der Waals surface area contributed by atoms with Crippen molar-refractivity contribution < 1.29 is 0 Å². The summed E-state index contributed by atoms with van der Waals surface area (Å²) in [6.07, 6.45) is 6.21. The van der Waals surface area contributed by atoms with Crippen LogP contribution in [0.2, 0.25) is 0 Å². The van der Waals surface area contributed by atoms with Crippen molar-refractivity contribution in [3.05, 3.63) is 35.6 Å². The Labute approximate surface area is 91.9 Å². The molecule has 1 heterocycles. The maximum atomic E-state index is 4.07. The highest BCUT2D eigenvalue weighted by atomic mass is 14.9. The average Bonchev–Trinajstić information content (AvgIpc) is 2.89. The van der Waals surface area contributed by atoms with E-state index in [1.165, 1.54) is 17.7 Å². The third-order valence-electron chi connectivity index (χ3n) is 4.17. The van der Waals surface area contributed by atoms with E-state index in [0.717, 1.165) is 30.2 Å². The first-order chi connectivity index (χ1) is 7.16. The quantitative estimate of drug-likeness (QED) is 0.677. The zero-order valence-electron chi connectivity index (χ0n) is 9.59. The molecule has 1 fully saturated rings. The average molecular weight is 201 g/mol. The highest BCUT2D eigenvalue weighted by Crippen LogP contribution is 2.55. The maximum Gasteiger partial charge on any atom is 0.0218 e. The smallest absolute Gasteiger partial charge is 0.0218 e. The van der Waals surface area contributed by atoms with Gasteiger partial charge in [0.25, 0.3) is 0 Å². The molecule has 1 saturated carbocycles.